The second-order valence-corrected chi connectivity index (χ2v) is 6.23. The molecule has 0 saturated carbocycles. The van der Waals surface area contributed by atoms with Gasteiger partial charge in [0.1, 0.15) is 0 Å². The van der Waals surface area contributed by atoms with Crippen LogP contribution in [0.5, 0.6) is 11.5 Å². The van der Waals surface area contributed by atoms with Gasteiger partial charge in [0.05, 0.1) is 26.0 Å². The molecule has 3 nitrogen and oxygen atoms in total. The van der Waals surface area contributed by atoms with E-state index in [4.69, 9.17) is 14.8 Å². The monoisotopic (exact) mass is 366 g/mol. The van der Waals surface area contributed by atoms with Crippen molar-refractivity contribution in [2.75, 3.05) is 14.2 Å². The summed E-state index contributed by atoms with van der Waals surface area (Å²) in [6.45, 7) is 2.11. The van der Waals surface area contributed by atoms with Crippen LogP contribution in [0.3, 0.4) is 0 Å². The summed E-state index contributed by atoms with van der Waals surface area (Å²) in [5.41, 5.74) is 4.41. The van der Waals surface area contributed by atoms with Gasteiger partial charge >= 0.3 is 0 Å². The Morgan fingerprint density at radius 1 is 0.846 bits per heavy atom. The highest BCUT2D eigenvalue weighted by Crippen LogP contribution is 2.39. The van der Waals surface area contributed by atoms with Gasteiger partial charge in [0.2, 0.25) is 0 Å². The van der Waals surface area contributed by atoms with E-state index in [0.717, 1.165) is 33.9 Å². The molecule has 0 aliphatic carbocycles. The molecule has 1 aliphatic heterocycles. The molecule has 0 bridgehead atoms. The van der Waals surface area contributed by atoms with Crippen molar-refractivity contribution < 1.29 is 9.47 Å². The number of rotatable bonds is 3. The molecular weight excluding hydrogens is 346 g/mol. The lowest BCUT2D eigenvalue weighted by molar-refractivity contribution is 0.354. The second-order valence-electron chi connectivity index (χ2n) is 6.23. The maximum Gasteiger partial charge on any atom is 0.161 e. The summed E-state index contributed by atoms with van der Waals surface area (Å²) in [4.78, 5) is 0. The molecule has 0 saturated heterocycles. The van der Waals surface area contributed by atoms with Crippen molar-refractivity contribution in [3.63, 3.8) is 0 Å². The molecule has 1 aliphatic rings. The quantitative estimate of drug-likeness (QED) is 0.616. The van der Waals surface area contributed by atoms with Crippen molar-refractivity contribution in [3.05, 3.63) is 71.3 Å². The highest BCUT2D eigenvalue weighted by atomic mass is 35.5. The van der Waals surface area contributed by atoms with Gasteiger partial charge in [0.25, 0.3) is 0 Å². The van der Waals surface area contributed by atoms with Crippen molar-refractivity contribution in [1.29, 1.82) is 0 Å². The third-order valence-electron chi connectivity index (χ3n) is 4.71. The minimum atomic E-state index is 0. The zero-order valence-corrected chi connectivity index (χ0v) is 15.8. The predicted molar refractivity (Wildman–Crippen MR) is 109 cm³/mol. The Morgan fingerprint density at radius 3 is 2.27 bits per heavy atom. The van der Waals surface area contributed by atoms with Crippen molar-refractivity contribution in [2.24, 2.45) is 0 Å². The van der Waals surface area contributed by atoms with Gasteiger partial charge in [0, 0.05) is 5.56 Å². The fraction of sp³-hybridized carbons (Fsp3) is 0.182. The molecule has 4 heteroatoms. The van der Waals surface area contributed by atoms with Gasteiger partial charge in [-0.2, -0.15) is 0 Å². The van der Waals surface area contributed by atoms with Crippen LogP contribution in [-0.2, 0) is 0 Å². The van der Waals surface area contributed by atoms with E-state index in [0.29, 0.717) is 0 Å². The van der Waals surface area contributed by atoms with Gasteiger partial charge in [-0.15, -0.1) is 12.4 Å². The molecule has 1 heterocycles. The number of ether oxygens (including phenoxy) is 2. The van der Waals surface area contributed by atoms with Crippen LogP contribution < -0.4 is 14.8 Å². The smallest absolute Gasteiger partial charge is 0.161 e. The van der Waals surface area contributed by atoms with Gasteiger partial charge in [-0.05, 0) is 53.1 Å². The molecule has 133 valence electrons. The van der Waals surface area contributed by atoms with Gasteiger partial charge in [-0.25, -0.2) is 0 Å². The van der Waals surface area contributed by atoms with Crippen LogP contribution in [-0.4, -0.2) is 14.2 Å². The summed E-state index contributed by atoms with van der Waals surface area (Å²) < 4.78 is 10.9. The highest BCUT2D eigenvalue weighted by molar-refractivity contribution is 5.90. The first-order valence-corrected chi connectivity index (χ1v) is 8.37. The first kappa shape index (κ1) is 18.2. The van der Waals surface area contributed by atoms with Crippen LogP contribution in [0.25, 0.3) is 22.5 Å². The second kappa shape index (κ2) is 7.30. The number of hydrogen-bond donors (Lipinski definition) is 0. The number of benzene rings is 3. The Labute approximate surface area is 160 Å². The Hall–Kier alpha value is -2.65. The fourth-order valence-corrected chi connectivity index (χ4v) is 3.37. The van der Waals surface area contributed by atoms with E-state index < -0.39 is 0 Å². The highest BCUT2D eigenvalue weighted by Gasteiger charge is 2.22. The summed E-state index contributed by atoms with van der Waals surface area (Å²) in [5, 5.41) is 7.36. The first-order valence-electron chi connectivity index (χ1n) is 8.37. The van der Waals surface area contributed by atoms with Crippen LogP contribution in [0.1, 0.15) is 29.7 Å². The van der Waals surface area contributed by atoms with Crippen molar-refractivity contribution in [2.45, 2.75) is 13.0 Å². The molecule has 3 aromatic carbocycles. The maximum absolute atomic E-state index is 5.45. The van der Waals surface area contributed by atoms with E-state index in [9.17, 15) is 0 Å². The lowest BCUT2D eigenvalue weighted by Gasteiger charge is -2.24. The molecule has 1 radical (unpaired) electrons. The molecule has 26 heavy (non-hydrogen) atoms. The number of fused-ring (bicyclic) bond motifs is 2. The van der Waals surface area contributed by atoms with E-state index in [2.05, 4.69) is 55.5 Å². The van der Waals surface area contributed by atoms with Gasteiger partial charge in [0.15, 0.2) is 11.5 Å². The zero-order chi connectivity index (χ0) is 17.4. The van der Waals surface area contributed by atoms with Gasteiger partial charge < -0.3 is 9.47 Å². The van der Waals surface area contributed by atoms with Gasteiger partial charge in [-0.3, -0.25) is 5.32 Å². The van der Waals surface area contributed by atoms with Crippen LogP contribution in [0, 0.1) is 0 Å². The molecule has 0 fully saturated rings. The lowest BCUT2D eigenvalue weighted by Crippen LogP contribution is -2.15. The maximum atomic E-state index is 5.45. The van der Waals surface area contributed by atoms with Crippen LogP contribution >= 0.6 is 12.4 Å². The standard InChI is InChI=1S/C22H20NO2.ClH/c1-14-19-13-22(25-3)21(24-2)12-18(19)11-20(23-14)17-9-8-15-6-4-5-7-16(15)10-17;/h4-14H,1-3H3;1H. The number of halogens is 1. The van der Waals surface area contributed by atoms with Gasteiger partial charge in [-0.1, -0.05) is 36.4 Å². The van der Waals surface area contributed by atoms with Crippen LogP contribution in [0.15, 0.2) is 54.6 Å². The number of nitrogens with zero attached hydrogens (tertiary/aromatic N) is 1. The average Bonchev–Trinajstić information content (AvgIpc) is 2.66. The topological polar surface area (TPSA) is 32.6 Å². The molecule has 1 unspecified atom stereocenters. The third kappa shape index (κ3) is 3.11. The summed E-state index contributed by atoms with van der Waals surface area (Å²) >= 11 is 0. The Morgan fingerprint density at radius 2 is 1.54 bits per heavy atom. The van der Waals surface area contributed by atoms with Crippen molar-refractivity contribution in [3.8, 4) is 11.5 Å². The normalized spacial score (nSPS) is 15.3. The molecule has 0 amide bonds. The first-order chi connectivity index (χ1) is 12.2. The van der Waals surface area contributed by atoms with E-state index in [1.54, 1.807) is 14.2 Å². The Bertz CT molecular complexity index is 981. The zero-order valence-electron chi connectivity index (χ0n) is 15.0. The molecular formula is C22H21ClNO2. The SMILES string of the molecule is COc1cc2c(cc1OC)C(C)[N]C(c1ccc3ccccc3c1)=C2.Cl. The molecule has 0 spiro atoms. The Kier molecular flexibility index (Phi) is 5.10. The summed E-state index contributed by atoms with van der Waals surface area (Å²) in [6, 6.07) is 19.0. The van der Waals surface area contributed by atoms with Crippen LogP contribution in [0.2, 0.25) is 0 Å². The van der Waals surface area contributed by atoms with Crippen molar-refractivity contribution >= 4 is 35.0 Å². The fourth-order valence-electron chi connectivity index (χ4n) is 3.37. The number of methoxy groups -OCH3 is 2. The average molecular weight is 367 g/mol. The molecule has 0 aromatic heterocycles. The van der Waals surface area contributed by atoms with E-state index in [1.165, 1.54) is 10.8 Å². The van der Waals surface area contributed by atoms with Crippen LogP contribution in [0.4, 0.5) is 0 Å². The largest absolute Gasteiger partial charge is 0.493 e. The van der Waals surface area contributed by atoms with E-state index in [-0.39, 0.29) is 18.4 Å². The molecule has 1 atom stereocenters. The minimum Gasteiger partial charge on any atom is -0.493 e. The minimum absolute atomic E-state index is 0. The van der Waals surface area contributed by atoms with Crippen molar-refractivity contribution in [1.82, 2.24) is 5.32 Å². The third-order valence-corrected chi connectivity index (χ3v) is 4.71. The predicted octanol–water partition coefficient (Wildman–Crippen LogP) is 5.46. The lowest BCUT2D eigenvalue weighted by atomic mass is 9.93. The molecule has 0 N–H and O–H groups in total. The summed E-state index contributed by atoms with van der Waals surface area (Å²) in [7, 11) is 3.32. The summed E-state index contributed by atoms with van der Waals surface area (Å²) in [6.07, 6.45) is 2.13. The van der Waals surface area contributed by atoms with E-state index in [1.807, 2.05) is 12.1 Å². The number of hydrogen-bond acceptors (Lipinski definition) is 2. The summed E-state index contributed by atoms with van der Waals surface area (Å²) in [5.74, 6) is 1.48. The van der Waals surface area contributed by atoms with E-state index >= 15 is 0 Å². The molecule has 3 aromatic rings. The molecule has 4 rings (SSSR count). The Balaban J connectivity index is 0.00000196.